The number of amides is 1. The molecule has 0 spiro atoms. The van der Waals surface area contributed by atoms with Gasteiger partial charge in [-0.25, -0.2) is 4.39 Å². The molecule has 132 valence electrons. The number of ether oxygens (including phenoxy) is 3. The minimum Gasteiger partial charge on any atom is -0.490 e. The summed E-state index contributed by atoms with van der Waals surface area (Å²) in [6.45, 7) is 2.68. The van der Waals surface area contributed by atoms with Gasteiger partial charge >= 0.3 is 0 Å². The molecule has 1 aliphatic rings. The first-order valence-corrected chi connectivity index (χ1v) is 8.23. The van der Waals surface area contributed by atoms with Crippen molar-refractivity contribution in [1.82, 2.24) is 0 Å². The summed E-state index contributed by atoms with van der Waals surface area (Å²) in [5.41, 5.74) is 0.408. The molecular formula is C18H17ClFNO4. The number of carbonyl (C=O) groups excluding carboxylic acids is 1. The van der Waals surface area contributed by atoms with Crippen molar-refractivity contribution in [1.29, 1.82) is 0 Å². The number of hydrogen-bond donors (Lipinski definition) is 1. The average Bonchev–Trinajstić information content (AvgIpc) is 2.82. The van der Waals surface area contributed by atoms with Gasteiger partial charge in [0.05, 0.1) is 23.9 Å². The van der Waals surface area contributed by atoms with E-state index in [4.69, 9.17) is 25.8 Å². The predicted molar refractivity (Wildman–Crippen MR) is 92.2 cm³/mol. The van der Waals surface area contributed by atoms with E-state index in [1.807, 2.05) is 0 Å². The zero-order chi connectivity index (χ0) is 17.8. The van der Waals surface area contributed by atoms with E-state index >= 15 is 0 Å². The molecule has 7 heteroatoms. The van der Waals surface area contributed by atoms with E-state index in [0.717, 1.165) is 6.42 Å². The molecule has 1 atom stereocenters. The molecule has 5 nitrogen and oxygen atoms in total. The number of anilines is 1. The summed E-state index contributed by atoms with van der Waals surface area (Å²) in [7, 11) is 0. The fraction of sp³-hybridized carbons (Fsp3) is 0.278. The van der Waals surface area contributed by atoms with Crippen LogP contribution in [0.5, 0.6) is 17.2 Å². The molecule has 0 aliphatic carbocycles. The molecule has 2 aromatic carbocycles. The molecule has 1 N–H and O–H groups in total. The highest BCUT2D eigenvalue weighted by atomic mass is 35.5. The number of benzene rings is 2. The number of rotatable bonds is 4. The maximum absolute atomic E-state index is 12.9. The summed E-state index contributed by atoms with van der Waals surface area (Å²) >= 11 is 6.21. The summed E-state index contributed by atoms with van der Waals surface area (Å²) in [6.07, 6.45) is -0.0196. The van der Waals surface area contributed by atoms with E-state index in [1.165, 1.54) is 24.3 Å². The minimum absolute atomic E-state index is 0.339. The van der Waals surface area contributed by atoms with Crippen LogP contribution in [0.1, 0.15) is 13.3 Å². The van der Waals surface area contributed by atoms with Crippen LogP contribution in [-0.2, 0) is 4.79 Å². The lowest BCUT2D eigenvalue weighted by atomic mass is 10.2. The fourth-order valence-electron chi connectivity index (χ4n) is 2.28. The van der Waals surface area contributed by atoms with Crippen LogP contribution in [0.25, 0.3) is 0 Å². The maximum atomic E-state index is 12.9. The quantitative estimate of drug-likeness (QED) is 0.888. The normalized spacial score (nSPS) is 14.4. The van der Waals surface area contributed by atoms with Crippen molar-refractivity contribution in [3.8, 4) is 17.2 Å². The van der Waals surface area contributed by atoms with Crippen LogP contribution in [-0.4, -0.2) is 25.2 Å². The third-order valence-electron chi connectivity index (χ3n) is 3.59. The summed E-state index contributed by atoms with van der Waals surface area (Å²) in [5, 5.41) is 3.05. The first-order chi connectivity index (χ1) is 12.0. The topological polar surface area (TPSA) is 56.8 Å². The van der Waals surface area contributed by atoms with Gasteiger partial charge in [0.25, 0.3) is 5.91 Å². The summed E-state index contributed by atoms with van der Waals surface area (Å²) in [6, 6.07) is 8.69. The molecule has 1 heterocycles. The monoisotopic (exact) mass is 365 g/mol. The molecule has 1 amide bonds. The molecule has 0 saturated heterocycles. The molecule has 0 radical (unpaired) electrons. The van der Waals surface area contributed by atoms with Gasteiger partial charge in [0.15, 0.2) is 17.6 Å². The largest absolute Gasteiger partial charge is 0.490 e. The Morgan fingerprint density at radius 1 is 1.20 bits per heavy atom. The lowest BCUT2D eigenvalue weighted by Crippen LogP contribution is -2.30. The SMILES string of the molecule is C[C@H](Oc1ccc(F)cc1)C(=O)Nc1cc2c(cc1Cl)OCCCO2. The number of carbonyl (C=O) groups is 1. The van der Waals surface area contributed by atoms with Crippen molar-refractivity contribution >= 4 is 23.2 Å². The zero-order valence-electron chi connectivity index (χ0n) is 13.6. The molecule has 0 saturated carbocycles. The van der Waals surface area contributed by atoms with Crippen LogP contribution < -0.4 is 19.5 Å². The summed E-state index contributed by atoms with van der Waals surface area (Å²) < 4.78 is 29.5. The Balaban J connectivity index is 1.69. The van der Waals surface area contributed by atoms with Gasteiger partial charge in [-0.1, -0.05) is 11.6 Å². The first kappa shape index (κ1) is 17.4. The molecule has 25 heavy (non-hydrogen) atoms. The van der Waals surface area contributed by atoms with Crippen molar-refractivity contribution < 1.29 is 23.4 Å². The highest BCUT2D eigenvalue weighted by Gasteiger charge is 2.19. The van der Waals surface area contributed by atoms with Crippen molar-refractivity contribution in [3.63, 3.8) is 0 Å². The Labute approximate surface area is 149 Å². The van der Waals surface area contributed by atoms with Crippen LogP contribution in [0.2, 0.25) is 5.02 Å². The van der Waals surface area contributed by atoms with E-state index in [-0.39, 0.29) is 11.7 Å². The smallest absolute Gasteiger partial charge is 0.265 e. The number of hydrogen-bond acceptors (Lipinski definition) is 4. The van der Waals surface area contributed by atoms with E-state index in [2.05, 4.69) is 5.32 Å². The second-order valence-corrected chi connectivity index (χ2v) is 5.94. The third kappa shape index (κ3) is 4.33. The Bertz CT molecular complexity index is 766. The van der Waals surface area contributed by atoms with Gasteiger partial charge in [-0.05, 0) is 31.2 Å². The molecule has 0 bridgehead atoms. The van der Waals surface area contributed by atoms with Crippen molar-refractivity contribution in [2.45, 2.75) is 19.4 Å². The molecule has 0 unspecified atom stereocenters. The van der Waals surface area contributed by atoms with Crippen molar-refractivity contribution in [3.05, 3.63) is 47.2 Å². The van der Waals surface area contributed by atoms with Gasteiger partial charge in [0, 0.05) is 18.6 Å². The number of halogens is 2. The maximum Gasteiger partial charge on any atom is 0.265 e. The van der Waals surface area contributed by atoms with Gasteiger partial charge in [0.1, 0.15) is 11.6 Å². The summed E-state index contributed by atoms with van der Waals surface area (Å²) in [4.78, 5) is 12.3. The van der Waals surface area contributed by atoms with E-state index in [9.17, 15) is 9.18 Å². The Morgan fingerprint density at radius 2 is 1.84 bits per heavy atom. The third-order valence-corrected chi connectivity index (χ3v) is 3.90. The van der Waals surface area contributed by atoms with Gasteiger partial charge in [-0.3, -0.25) is 4.79 Å². The lowest BCUT2D eigenvalue weighted by Gasteiger charge is -2.16. The van der Waals surface area contributed by atoms with Crippen LogP contribution in [0, 0.1) is 5.82 Å². The fourth-order valence-corrected chi connectivity index (χ4v) is 2.49. The highest BCUT2D eigenvalue weighted by Crippen LogP contribution is 2.37. The van der Waals surface area contributed by atoms with Gasteiger partial charge in [0.2, 0.25) is 0 Å². The average molecular weight is 366 g/mol. The molecular weight excluding hydrogens is 349 g/mol. The van der Waals surface area contributed by atoms with Gasteiger partial charge < -0.3 is 19.5 Å². The van der Waals surface area contributed by atoms with Crippen LogP contribution in [0.3, 0.4) is 0 Å². The molecule has 1 aliphatic heterocycles. The number of fused-ring (bicyclic) bond motifs is 1. The molecule has 3 rings (SSSR count). The van der Waals surface area contributed by atoms with E-state index in [0.29, 0.717) is 41.2 Å². The van der Waals surface area contributed by atoms with Crippen molar-refractivity contribution in [2.75, 3.05) is 18.5 Å². The van der Waals surface area contributed by atoms with Crippen LogP contribution in [0.4, 0.5) is 10.1 Å². The van der Waals surface area contributed by atoms with E-state index < -0.39 is 6.10 Å². The first-order valence-electron chi connectivity index (χ1n) is 7.85. The highest BCUT2D eigenvalue weighted by molar-refractivity contribution is 6.34. The van der Waals surface area contributed by atoms with Gasteiger partial charge in [-0.15, -0.1) is 0 Å². The second-order valence-electron chi connectivity index (χ2n) is 5.53. The molecule has 2 aromatic rings. The minimum atomic E-state index is -0.794. The number of nitrogens with one attached hydrogen (secondary N) is 1. The zero-order valence-corrected chi connectivity index (χ0v) is 14.3. The molecule has 0 aromatic heterocycles. The Kier molecular flexibility index (Phi) is 5.28. The Morgan fingerprint density at radius 3 is 2.52 bits per heavy atom. The Hall–Kier alpha value is -2.47. The van der Waals surface area contributed by atoms with Crippen LogP contribution in [0.15, 0.2) is 36.4 Å². The predicted octanol–water partition coefficient (Wildman–Crippen LogP) is 4.05. The van der Waals surface area contributed by atoms with Crippen molar-refractivity contribution in [2.24, 2.45) is 0 Å². The van der Waals surface area contributed by atoms with E-state index in [1.54, 1.807) is 19.1 Å². The molecule has 0 fully saturated rings. The standard InChI is InChI=1S/C18H17ClFNO4/c1-11(25-13-5-3-12(20)4-6-13)18(22)21-15-10-17-16(9-14(15)19)23-7-2-8-24-17/h3-6,9-11H,2,7-8H2,1H3,(H,21,22)/t11-/m0/s1. The summed E-state index contributed by atoms with van der Waals surface area (Å²) in [5.74, 6) is 0.721. The second kappa shape index (κ2) is 7.61. The van der Waals surface area contributed by atoms with Crippen LogP contribution >= 0.6 is 11.6 Å². The lowest BCUT2D eigenvalue weighted by molar-refractivity contribution is -0.122. The van der Waals surface area contributed by atoms with Gasteiger partial charge in [-0.2, -0.15) is 0 Å².